The van der Waals surface area contributed by atoms with Crippen LogP contribution in [0.3, 0.4) is 0 Å². The minimum atomic E-state index is -1.13. The molecular weight excluding hydrogens is 268 g/mol. The predicted octanol–water partition coefficient (Wildman–Crippen LogP) is 0.953. The summed E-state index contributed by atoms with van der Waals surface area (Å²) in [6.07, 6.45) is -0.0414. The first-order chi connectivity index (χ1) is 9.40. The topological polar surface area (TPSA) is 119 Å². The summed E-state index contributed by atoms with van der Waals surface area (Å²) >= 11 is 0. The third-order valence-electron chi connectivity index (χ3n) is 2.37. The predicted molar refractivity (Wildman–Crippen MR) is 68.4 cm³/mol. The van der Waals surface area contributed by atoms with Gasteiger partial charge in [0.05, 0.1) is 24.0 Å². The summed E-state index contributed by atoms with van der Waals surface area (Å²) in [4.78, 5) is 31.9. The number of nitro groups is 1. The number of non-ortho nitro benzene ring substituents is 1. The number of aliphatic carboxylic acids is 1. The molecule has 1 unspecified atom stereocenters. The molecule has 0 bridgehead atoms. The summed E-state index contributed by atoms with van der Waals surface area (Å²) in [7, 11) is 0. The van der Waals surface area contributed by atoms with Crippen LogP contribution in [0.15, 0.2) is 24.3 Å². The number of nitrogens with zero attached hydrogens (tertiary/aromatic N) is 1. The smallest absolute Gasteiger partial charge is 0.325 e. The van der Waals surface area contributed by atoms with Crippen molar-refractivity contribution in [2.24, 2.45) is 0 Å². The molecule has 108 valence electrons. The van der Waals surface area contributed by atoms with Crippen molar-refractivity contribution in [3.05, 3.63) is 34.4 Å². The van der Waals surface area contributed by atoms with E-state index in [0.29, 0.717) is 0 Å². The standard InChI is InChI=1S/C12H14N2O6/c1-8(12(16)17)13-11(15)5-6-20-10-4-2-3-9(7-10)14(18)19/h2-4,7-8H,5-6H2,1H3,(H,13,15)(H,16,17). The molecule has 0 radical (unpaired) electrons. The molecule has 0 aliphatic rings. The molecule has 0 aliphatic carbocycles. The lowest BCUT2D eigenvalue weighted by Crippen LogP contribution is -2.38. The van der Waals surface area contributed by atoms with Crippen molar-refractivity contribution in [1.82, 2.24) is 5.32 Å². The van der Waals surface area contributed by atoms with Crippen LogP contribution in [-0.4, -0.2) is 34.6 Å². The highest BCUT2D eigenvalue weighted by atomic mass is 16.6. The van der Waals surface area contributed by atoms with Gasteiger partial charge in [-0.1, -0.05) is 6.07 Å². The molecule has 0 fully saturated rings. The van der Waals surface area contributed by atoms with Crippen molar-refractivity contribution in [1.29, 1.82) is 0 Å². The fourth-order valence-electron chi connectivity index (χ4n) is 1.32. The molecule has 1 amide bonds. The van der Waals surface area contributed by atoms with Gasteiger partial charge >= 0.3 is 5.97 Å². The lowest BCUT2D eigenvalue weighted by Gasteiger charge is -2.09. The number of rotatable bonds is 7. The number of hydrogen-bond acceptors (Lipinski definition) is 5. The Morgan fingerprint density at radius 2 is 2.20 bits per heavy atom. The van der Waals surface area contributed by atoms with E-state index in [1.54, 1.807) is 0 Å². The Morgan fingerprint density at radius 3 is 2.80 bits per heavy atom. The van der Waals surface area contributed by atoms with Crippen LogP contribution in [0.25, 0.3) is 0 Å². The Morgan fingerprint density at radius 1 is 1.50 bits per heavy atom. The number of nitrogens with one attached hydrogen (secondary N) is 1. The van der Waals surface area contributed by atoms with Crippen LogP contribution >= 0.6 is 0 Å². The van der Waals surface area contributed by atoms with Gasteiger partial charge in [-0.2, -0.15) is 0 Å². The lowest BCUT2D eigenvalue weighted by molar-refractivity contribution is -0.384. The summed E-state index contributed by atoms with van der Waals surface area (Å²) < 4.78 is 5.20. The van der Waals surface area contributed by atoms with Gasteiger partial charge in [-0.3, -0.25) is 19.7 Å². The number of carbonyl (C=O) groups excluding carboxylic acids is 1. The maximum atomic E-state index is 11.4. The van der Waals surface area contributed by atoms with Crippen LogP contribution in [0, 0.1) is 10.1 Å². The van der Waals surface area contributed by atoms with E-state index < -0.39 is 22.8 Å². The Hall–Kier alpha value is -2.64. The van der Waals surface area contributed by atoms with Crippen LogP contribution in [-0.2, 0) is 9.59 Å². The number of benzene rings is 1. The maximum Gasteiger partial charge on any atom is 0.325 e. The number of carbonyl (C=O) groups is 2. The van der Waals surface area contributed by atoms with E-state index in [1.165, 1.54) is 31.2 Å². The number of carboxylic acids is 1. The van der Waals surface area contributed by atoms with Crippen LogP contribution in [0.4, 0.5) is 5.69 Å². The number of hydrogen-bond donors (Lipinski definition) is 2. The summed E-state index contributed by atoms with van der Waals surface area (Å²) in [6, 6.07) is 4.61. The first-order valence-electron chi connectivity index (χ1n) is 5.79. The molecule has 8 heteroatoms. The van der Waals surface area contributed by atoms with Gasteiger partial charge in [0.25, 0.3) is 5.69 Å². The Labute approximate surface area is 114 Å². The summed E-state index contributed by atoms with van der Waals surface area (Å²) in [5, 5.41) is 21.4. The lowest BCUT2D eigenvalue weighted by atomic mass is 10.3. The molecule has 0 heterocycles. The van der Waals surface area contributed by atoms with Gasteiger partial charge in [-0.05, 0) is 13.0 Å². The van der Waals surface area contributed by atoms with Crippen molar-refractivity contribution in [2.75, 3.05) is 6.61 Å². The van der Waals surface area contributed by atoms with Gasteiger partial charge in [-0.25, -0.2) is 0 Å². The van der Waals surface area contributed by atoms with Crippen molar-refractivity contribution in [2.45, 2.75) is 19.4 Å². The van der Waals surface area contributed by atoms with Gasteiger partial charge in [0.2, 0.25) is 5.91 Å². The molecule has 1 aromatic rings. The number of ether oxygens (including phenoxy) is 1. The third-order valence-corrected chi connectivity index (χ3v) is 2.37. The number of carboxylic acid groups (broad SMARTS) is 1. The SMILES string of the molecule is CC(NC(=O)CCOc1cccc([N+](=O)[O-])c1)C(=O)O. The van der Waals surface area contributed by atoms with E-state index in [1.807, 2.05) is 0 Å². The fraction of sp³-hybridized carbons (Fsp3) is 0.333. The second-order valence-corrected chi connectivity index (χ2v) is 3.98. The quantitative estimate of drug-likeness (QED) is 0.567. The molecule has 0 saturated heterocycles. The van der Waals surface area contributed by atoms with E-state index in [2.05, 4.69) is 5.32 Å². The normalized spacial score (nSPS) is 11.4. The van der Waals surface area contributed by atoms with Crippen LogP contribution in [0.5, 0.6) is 5.75 Å². The Balaban J connectivity index is 2.41. The van der Waals surface area contributed by atoms with Crippen LogP contribution in [0.1, 0.15) is 13.3 Å². The molecule has 0 aromatic heterocycles. The Kier molecular flexibility index (Phi) is 5.45. The average Bonchev–Trinajstić information content (AvgIpc) is 2.38. The highest BCUT2D eigenvalue weighted by Crippen LogP contribution is 2.19. The molecule has 1 aromatic carbocycles. The van der Waals surface area contributed by atoms with Crippen molar-refractivity contribution < 1.29 is 24.4 Å². The van der Waals surface area contributed by atoms with E-state index in [-0.39, 0.29) is 24.5 Å². The zero-order valence-corrected chi connectivity index (χ0v) is 10.7. The second kappa shape index (κ2) is 7.07. The van der Waals surface area contributed by atoms with Crippen molar-refractivity contribution in [3.63, 3.8) is 0 Å². The molecular formula is C12H14N2O6. The fourth-order valence-corrected chi connectivity index (χ4v) is 1.32. The molecule has 0 aliphatic heterocycles. The molecule has 20 heavy (non-hydrogen) atoms. The van der Waals surface area contributed by atoms with Crippen LogP contribution in [0.2, 0.25) is 0 Å². The Bertz CT molecular complexity index is 516. The van der Waals surface area contributed by atoms with E-state index >= 15 is 0 Å². The summed E-state index contributed by atoms with van der Waals surface area (Å²) in [5.74, 6) is -1.32. The molecule has 0 spiro atoms. The molecule has 1 atom stereocenters. The summed E-state index contributed by atoms with van der Waals surface area (Å²) in [5.41, 5.74) is -0.105. The maximum absolute atomic E-state index is 11.4. The largest absolute Gasteiger partial charge is 0.493 e. The zero-order chi connectivity index (χ0) is 15.1. The highest BCUT2D eigenvalue weighted by molar-refractivity contribution is 5.83. The number of nitro benzene ring substituents is 1. The highest BCUT2D eigenvalue weighted by Gasteiger charge is 2.13. The van der Waals surface area contributed by atoms with Gasteiger partial charge in [-0.15, -0.1) is 0 Å². The molecule has 2 N–H and O–H groups in total. The van der Waals surface area contributed by atoms with E-state index in [9.17, 15) is 19.7 Å². The summed E-state index contributed by atoms with van der Waals surface area (Å²) in [6.45, 7) is 1.35. The van der Waals surface area contributed by atoms with E-state index in [4.69, 9.17) is 9.84 Å². The second-order valence-electron chi connectivity index (χ2n) is 3.98. The minimum absolute atomic E-state index is 0.000655. The van der Waals surface area contributed by atoms with Gasteiger partial charge in [0.15, 0.2) is 0 Å². The van der Waals surface area contributed by atoms with Gasteiger partial charge < -0.3 is 15.2 Å². The van der Waals surface area contributed by atoms with Crippen LogP contribution < -0.4 is 10.1 Å². The van der Waals surface area contributed by atoms with Gasteiger partial charge in [0.1, 0.15) is 11.8 Å². The molecule has 1 rings (SSSR count). The third kappa shape index (κ3) is 4.92. The van der Waals surface area contributed by atoms with Crippen molar-refractivity contribution >= 4 is 17.6 Å². The zero-order valence-electron chi connectivity index (χ0n) is 10.7. The average molecular weight is 282 g/mol. The number of amides is 1. The first kappa shape index (κ1) is 15.4. The first-order valence-corrected chi connectivity index (χ1v) is 5.79. The monoisotopic (exact) mass is 282 g/mol. The molecule has 0 saturated carbocycles. The van der Waals surface area contributed by atoms with E-state index in [0.717, 1.165) is 0 Å². The van der Waals surface area contributed by atoms with Gasteiger partial charge in [0, 0.05) is 6.07 Å². The van der Waals surface area contributed by atoms with Crippen molar-refractivity contribution in [3.8, 4) is 5.75 Å². The minimum Gasteiger partial charge on any atom is -0.493 e. The molecule has 8 nitrogen and oxygen atoms in total.